The van der Waals surface area contributed by atoms with Crippen LogP contribution in [0.1, 0.15) is 38.3 Å². The van der Waals surface area contributed by atoms with Crippen molar-refractivity contribution in [3.63, 3.8) is 0 Å². The second-order valence-corrected chi connectivity index (χ2v) is 5.67. The first-order chi connectivity index (χ1) is 8.61. The Labute approximate surface area is 110 Å². The van der Waals surface area contributed by atoms with Gasteiger partial charge in [-0.3, -0.25) is 0 Å². The number of aromatic nitrogens is 2. The van der Waals surface area contributed by atoms with Crippen molar-refractivity contribution in [3.05, 3.63) is 11.9 Å². The molecule has 0 saturated heterocycles. The number of anilines is 1. The third kappa shape index (κ3) is 3.25. The molecule has 0 spiro atoms. The number of rotatable bonds is 7. The van der Waals surface area contributed by atoms with Crippen LogP contribution in [0.2, 0.25) is 0 Å². The molecule has 4 nitrogen and oxygen atoms in total. The van der Waals surface area contributed by atoms with Gasteiger partial charge in [-0.1, -0.05) is 19.8 Å². The van der Waals surface area contributed by atoms with Crippen LogP contribution >= 0.6 is 0 Å². The molecule has 102 valence electrons. The molecule has 1 unspecified atom stereocenters. The number of hydrogen-bond donors (Lipinski definition) is 1. The molecule has 1 fully saturated rings. The Bertz CT molecular complexity index is 379. The average molecular weight is 250 g/mol. The van der Waals surface area contributed by atoms with Gasteiger partial charge in [0, 0.05) is 33.7 Å². The van der Waals surface area contributed by atoms with Crippen LogP contribution in [0.5, 0.6) is 0 Å². The Morgan fingerprint density at radius 2 is 2.22 bits per heavy atom. The van der Waals surface area contributed by atoms with Gasteiger partial charge in [0.15, 0.2) is 0 Å². The second-order valence-electron chi connectivity index (χ2n) is 5.67. The molecule has 2 rings (SSSR count). The van der Waals surface area contributed by atoms with Crippen LogP contribution in [0.4, 0.5) is 5.95 Å². The highest BCUT2D eigenvalue weighted by Crippen LogP contribution is 2.34. The molecule has 0 aromatic carbocycles. The van der Waals surface area contributed by atoms with Crippen LogP contribution in [0.3, 0.4) is 0 Å². The van der Waals surface area contributed by atoms with Gasteiger partial charge in [0.05, 0.1) is 11.9 Å². The summed E-state index contributed by atoms with van der Waals surface area (Å²) in [4.78, 5) is 6.49. The van der Waals surface area contributed by atoms with E-state index < -0.39 is 0 Å². The van der Waals surface area contributed by atoms with Crippen molar-refractivity contribution in [2.75, 3.05) is 19.0 Å². The number of imidazole rings is 1. The maximum atomic E-state index is 4.44. The first-order valence-corrected chi connectivity index (χ1v) is 7.03. The zero-order chi connectivity index (χ0) is 13.1. The van der Waals surface area contributed by atoms with Crippen LogP contribution in [0.15, 0.2) is 6.20 Å². The first-order valence-electron chi connectivity index (χ1n) is 7.03. The van der Waals surface area contributed by atoms with Crippen LogP contribution in [0, 0.1) is 5.92 Å². The number of hydrogen-bond acceptors (Lipinski definition) is 3. The minimum atomic E-state index is 0.662. The van der Waals surface area contributed by atoms with E-state index in [9.17, 15) is 0 Å². The molecule has 1 heterocycles. The van der Waals surface area contributed by atoms with Crippen LogP contribution < -0.4 is 10.2 Å². The summed E-state index contributed by atoms with van der Waals surface area (Å²) in [6, 6.07) is 0.662. The van der Waals surface area contributed by atoms with Gasteiger partial charge in [-0.15, -0.1) is 0 Å². The van der Waals surface area contributed by atoms with Gasteiger partial charge >= 0.3 is 0 Å². The predicted octanol–water partition coefficient (Wildman–Crippen LogP) is 2.15. The zero-order valence-electron chi connectivity index (χ0n) is 12.1. The van der Waals surface area contributed by atoms with Gasteiger partial charge in [-0.25, -0.2) is 4.98 Å². The van der Waals surface area contributed by atoms with E-state index in [1.807, 2.05) is 25.2 Å². The lowest BCUT2D eigenvalue weighted by Gasteiger charge is -2.17. The van der Waals surface area contributed by atoms with Crippen molar-refractivity contribution in [2.24, 2.45) is 13.0 Å². The van der Waals surface area contributed by atoms with Gasteiger partial charge in [0.1, 0.15) is 0 Å². The molecule has 1 aliphatic rings. The van der Waals surface area contributed by atoms with Crippen molar-refractivity contribution in [1.29, 1.82) is 0 Å². The first kappa shape index (κ1) is 13.4. The Morgan fingerprint density at radius 3 is 2.72 bits per heavy atom. The van der Waals surface area contributed by atoms with Crippen LogP contribution in [-0.2, 0) is 13.6 Å². The summed E-state index contributed by atoms with van der Waals surface area (Å²) < 4.78 is 2.16. The lowest BCUT2D eigenvalue weighted by Crippen LogP contribution is -2.29. The van der Waals surface area contributed by atoms with E-state index >= 15 is 0 Å². The van der Waals surface area contributed by atoms with Gasteiger partial charge in [-0.2, -0.15) is 0 Å². The largest absolute Gasteiger partial charge is 0.348 e. The topological polar surface area (TPSA) is 33.1 Å². The predicted molar refractivity (Wildman–Crippen MR) is 75.8 cm³/mol. The van der Waals surface area contributed by atoms with Crippen molar-refractivity contribution in [3.8, 4) is 0 Å². The molecule has 0 amide bonds. The highest BCUT2D eigenvalue weighted by atomic mass is 15.3. The summed E-state index contributed by atoms with van der Waals surface area (Å²) in [5.74, 6) is 2.01. The molecule has 1 aliphatic carbocycles. The molecule has 1 atom stereocenters. The highest BCUT2D eigenvalue weighted by Gasteiger charge is 2.24. The lowest BCUT2D eigenvalue weighted by atomic mass is 10.1. The molecule has 0 bridgehead atoms. The van der Waals surface area contributed by atoms with E-state index in [1.165, 1.54) is 31.4 Å². The summed E-state index contributed by atoms with van der Waals surface area (Å²) in [6.07, 6.45) is 7.42. The maximum Gasteiger partial charge on any atom is 0.204 e. The molecule has 1 aromatic heterocycles. The molecule has 18 heavy (non-hydrogen) atoms. The Balaban J connectivity index is 1.88. The Kier molecular flexibility index (Phi) is 4.27. The third-order valence-electron chi connectivity index (χ3n) is 3.84. The zero-order valence-corrected chi connectivity index (χ0v) is 12.1. The van der Waals surface area contributed by atoms with E-state index in [0.717, 1.165) is 18.4 Å². The Hall–Kier alpha value is -1.03. The Morgan fingerprint density at radius 1 is 1.50 bits per heavy atom. The highest BCUT2D eigenvalue weighted by molar-refractivity contribution is 5.30. The van der Waals surface area contributed by atoms with E-state index in [0.29, 0.717) is 6.04 Å². The third-order valence-corrected chi connectivity index (χ3v) is 3.84. The minimum Gasteiger partial charge on any atom is -0.348 e. The maximum absolute atomic E-state index is 4.44. The fraction of sp³-hybridized carbons (Fsp3) is 0.786. The SMILES string of the molecule is CCC(CC1CC1)NCc1cnc(N(C)C)n1C. The van der Waals surface area contributed by atoms with E-state index in [-0.39, 0.29) is 0 Å². The summed E-state index contributed by atoms with van der Waals surface area (Å²) >= 11 is 0. The van der Waals surface area contributed by atoms with Crippen molar-refractivity contribution >= 4 is 5.95 Å². The van der Waals surface area contributed by atoms with Gasteiger partial charge in [-0.05, 0) is 18.8 Å². The molecule has 0 radical (unpaired) electrons. The molecule has 4 heteroatoms. The standard InChI is InChI=1S/C14H26N4/c1-5-12(8-11-6-7-11)15-9-13-10-16-14(17(2)3)18(13)4/h10-12,15H,5-9H2,1-4H3. The second kappa shape index (κ2) is 5.74. The van der Waals surface area contributed by atoms with E-state index in [4.69, 9.17) is 0 Å². The average Bonchev–Trinajstić information content (AvgIpc) is 3.07. The summed E-state index contributed by atoms with van der Waals surface area (Å²) in [7, 11) is 6.14. The van der Waals surface area contributed by atoms with Gasteiger partial charge in [0.2, 0.25) is 5.95 Å². The monoisotopic (exact) mass is 250 g/mol. The van der Waals surface area contributed by atoms with Gasteiger partial charge in [0.25, 0.3) is 0 Å². The lowest BCUT2D eigenvalue weighted by molar-refractivity contribution is 0.439. The smallest absolute Gasteiger partial charge is 0.204 e. The van der Waals surface area contributed by atoms with Crippen molar-refractivity contribution in [1.82, 2.24) is 14.9 Å². The van der Waals surface area contributed by atoms with Crippen molar-refractivity contribution in [2.45, 2.75) is 45.2 Å². The quantitative estimate of drug-likeness (QED) is 0.805. The molecule has 1 aromatic rings. The normalized spacial score (nSPS) is 16.9. The van der Waals surface area contributed by atoms with Crippen molar-refractivity contribution < 1.29 is 0 Å². The molecule has 1 saturated carbocycles. The minimum absolute atomic E-state index is 0.662. The number of nitrogens with zero attached hydrogens (tertiary/aromatic N) is 3. The molecular formula is C14H26N4. The van der Waals surface area contributed by atoms with E-state index in [1.54, 1.807) is 0 Å². The van der Waals surface area contributed by atoms with Crippen LogP contribution in [0.25, 0.3) is 0 Å². The summed E-state index contributed by atoms with van der Waals surface area (Å²) in [6.45, 7) is 3.19. The molecular weight excluding hydrogens is 224 g/mol. The number of nitrogens with one attached hydrogen (secondary N) is 1. The summed E-state index contributed by atoms with van der Waals surface area (Å²) in [5, 5.41) is 3.67. The van der Waals surface area contributed by atoms with Gasteiger partial charge < -0.3 is 14.8 Å². The fourth-order valence-corrected chi connectivity index (χ4v) is 2.41. The van der Waals surface area contributed by atoms with Crippen LogP contribution in [-0.4, -0.2) is 29.7 Å². The van der Waals surface area contributed by atoms with E-state index in [2.05, 4.69) is 28.8 Å². The summed E-state index contributed by atoms with van der Waals surface area (Å²) in [5.41, 5.74) is 1.26. The molecule has 0 aliphatic heterocycles. The molecule has 1 N–H and O–H groups in total. The fourth-order valence-electron chi connectivity index (χ4n) is 2.41.